The van der Waals surface area contributed by atoms with E-state index in [0.29, 0.717) is 0 Å². The van der Waals surface area contributed by atoms with E-state index < -0.39 is 0 Å². The zero-order valence-corrected chi connectivity index (χ0v) is 14.0. The van der Waals surface area contributed by atoms with Crippen molar-refractivity contribution in [2.75, 3.05) is 0 Å². The van der Waals surface area contributed by atoms with Crippen molar-refractivity contribution in [2.24, 2.45) is 0 Å². The van der Waals surface area contributed by atoms with Crippen LogP contribution in [0.1, 0.15) is 83.9 Å². The quantitative estimate of drug-likeness (QED) is 0.375. The molecule has 0 bridgehead atoms. The van der Waals surface area contributed by atoms with Crippen molar-refractivity contribution >= 4 is 0 Å². The molecule has 1 rings (SSSR count). The van der Waals surface area contributed by atoms with Gasteiger partial charge in [-0.25, -0.2) is 9.13 Å². The molecule has 0 fully saturated rings. The second-order valence-electron chi connectivity index (χ2n) is 6.01. The predicted molar refractivity (Wildman–Crippen MR) is 86.9 cm³/mol. The monoisotopic (exact) mass is 279 g/mol. The summed E-state index contributed by atoms with van der Waals surface area (Å²) in [5.41, 5.74) is 0. The van der Waals surface area contributed by atoms with Crippen LogP contribution in [0.3, 0.4) is 0 Å². The van der Waals surface area contributed by atoms with Crippen molar-refractivity contribution in [3.63, 3.8) is 0 Å². The van der Waals surface area contributed by atoms with Crippen molar-refractivity contribution in [3.8, 4) is 0 Å². The third-order valence-corrected chi connectivity index (χ3v) is 4.35. The number of imidazole rings is 1. The second-order valence-corrected chi connectivity index (χ2v) is 6.01. The van der Waals surface area contributed by atoms with E-state index in [0.717, 1.165) is 6.54 Å². The van der Waals surface area contributed by atoms with Gasteiger partial charge in [-0.1, -0.05) is 58.3 Å². The van der Waals surface area contributed by atoms with Crippen molar-refractivity contribution in [3.05, 3.63) is 18.2 Å². The number of aryl methyl sites for hydroxylation is 2. The Hall–Kier alpha value is -0.790. The lowest BCUT2D eigenvalue weighted by Crippen LogP contribution is -2.35. The molecule has 2 nitrogen and oxygen atoms in total. The van der Waals surface area contributed by atoms with E-state index in [4.69, 9.17) is 0 Å². The Labute approximate surface area is 126 Å². The summed E-state index contributed by atoms with van der Waals surface area (Å²) < 4.78 is 4.71. The lowest BCUT2D eigenvalue weighted by molar-refractivity contribution is -0.702. The Morgan fingerprint density at radius 2 is 1.40 bits per heavy atom. The Morgan fingerprint density at radius 1 is 0.850 bits per heavy atom. The SMILES string of the molecule is CCCCCCCCCCCC[n+]1ccn(CC)c1C. The second kappa shape index (κ2) is 10.9. The van der Waals surface area contributed by atoms with E-state index in [1.807, 2.05) is 0 Å². The molecule has 0 aromatic carbocycles. The molecule has 116 valence electrons. The van der Waals surface area contributed by atoms with Crippen LogP contribution in [0.25, 0.3) is 0 Å². The van der Waals surface area contributed by atoms with Gasteiger partial charge in [-0.15, -0.1) is 0 Å². The Balaban J connectivity index is 1.95. The fourth-order valence-electron chi connectivity index (χ4n) is 2.88. The number of nitrogens with zero attached hydrogens (tertiary/aromatic N) is 2. The molecule has 0 aliphatic rings. The largest absolute Gasteiger partial charge is 0.253 e. The van der Waals surface area contributed by atoms with E-state index >= 15 is 0 Å². The molecule has 0 N–H and O–H groups in total. The number of unbranched alkanes of at least 4 members (excludes halogenated alkanes) is 9. The lowest BCUT2D eigenvalue weighted by Gasteiger charge is -2.02. The average Bonchev–Trinajstić information content (AvgIpc) is 2.81. The molecule has 0 spiro atoms. The minimum Gasteiger partial charge on any atom is -0.235 e. The van der Waals surface area contributed by atoms with E-state index in [2.05, 4.69) is 42.3 Å². The van der Waals surface area contributed by atoms with Gasteiger partial charge >= 0.3 is 0 Å². The van der Waals surface area contributed by atoms with Gasteiger partial charge in [0.15, 0.2) is 0 Å². The fraction of sp³-hybridized carbons (Fsp3) is 0.833. The maximum atomic E-state index is 2.40. The molecule has 1 heterocycles. The van der Waals surface area contributed by atoms with Crippen LogP contribution in [0.2, 0.25) is 0 Å². The smallest absolute Gasteiger partial charge is 0.235 e. The Morgan fingerprint density at radius 3 is 1.90 bits per heavy atom. The summed E-state index contributed by atoms with van der Waals surface area (Å²) in [6.07, 6.45) is 18.6. The van der Waals surface area contributed by atoms with Crippen LogP contribution in [-0.2, 0) is 13.1 Å². The summed E-state index contributed by atoms with van der Waals surface area (Å²) in [6.45, 7) is 8.98. The minimum absolute atomic E-state index is 1.08. The molecule has 0 unspecified atom stereocenters. The molecule has 2 heteroatoms. The van der Waals surface area contributed by atoms with Crippen molar-refractivity contribution in [1.82, 2.24) is 4.57 Å². The standard InChI is InChI=1S/C18H35N2/c1-4-6-7-8-9-10-11-12-13-14-15-20-17-16-19(5-2)18(20)3/h16-17H,4-15H2,1-3H3/q+1. The highest BCUT2D eigenvalue weighted by Gasteiger charge is 2.09. The van der Waals surface area contributed by atoms with Gasteiger partial charge in [0, 0.05) is 6.92 Å². The van der Waals surface area contributed by atoms with Crippen LogP contribution in [-0.4, -0.2) is 4.57 Å². The maximum Gasteiger partial charge on any atom is 0.253 e. The fourth-order valence-corrected chi connectivity index (χ4v) is 2.88. The predicted octanol–water partition coefficient (Wildman–Crippen LogP) is 5.02. The molecular weight excluding hydrogens is 244 g/mol. The number of hydrogen-bond acceptors (Lipinski definition) is 0. The molecule has 0 saturated heterocycles. The first-order valence-electron chi connectivity index (χ1n) is 8.84. The van der Waals surface area contributed by atoms with Gasteiger partial charge in [0.25, 0.3) is 5.82 Å². The third kappa shape index (κ3) is 6.58. The van der Waals surface area contributed by atoms with Gasteiger partial charge in [-0.2, -0.15) is 0 Å². The van der Waals surface area contributed by atoms with E-state index in [1.165, 1.54) is 76.6 Å². The van der Waals surface area contributed by atoms with Gasteiger partial charge in [0.05, 0.1) is 13.1 Å². The lowest BCUT2D eigenvalue weighted by atomic mass is 10.1. The highest BCUT2D eigenvalue weighted by atomic mass is 15.1. The first-order chi connectivity index (χ1) is 9.79. The molecule has 0 aliphatic heterocycles. The molecule has 0 aliphatic carbocycles. The number of hydrogen-bond donors (Lipinski definition) is 0. The van der Waals surface area contributed by atoms with E-state index in [-0.39, 0.29) is 0 Å². The summed E-state index contributed by atoms with van der Waals surface area (Å²) >= 11 is 0. The van der Waals surface area contributed by atoms with Crippen molar-refractivity contribution in [1.29, 1.82) is 0 Å². The van der Waals surface area contributed by atoms with Crippen LogP contribution in [0, 0.1) is 6.92 Å². The third-order valence-electron chi connectivity index (χ3n) is 4.35. The molecule has 20 heavy (non-hydrogen) atoms. The molecule has 1 aromatic rings. The van der Waals surface area contributed by atoms with Crippen LogP contribution in [0.5, 0.6) is 0 Å². The van der Waals surface area contributed by atoms with Crippen LogP contribution in [0.15, 0.2) is 12.4 Å². The highest BCUT2D eigenvalue weighted by molar-refractivity contribution is 4.78. The summed E-state index contributed by atoms with van der Waals surface area (Å²) in [5.74, 6) is 1.39. The zero-order valence-electron chi connectivity index (χ0n) is 14.0. The molecule has 1 aromatic heterocycles. The van der Waals surface area contributed by atoms with Crippen molar-refractivity contribution < 1.29 is 4.57 Å². The Kier molecular flexibility index (Phi) is 9.44. The zero-order chi connectivity index (χ0) is 14.6. The summed E-state index contributed by atoms with van der Waals surface area (Å²) in [6, 6.07) is 0. The first kappa shape index (κ1) is 17.3. The van der Waals surface area contributed by atoms with Gasteiger partial charge in [0.1, 0.15) is 12.4 Å². The van der Waals surface area contributed by atoms with Crippen LogP contribution < -0.4 is 4.57 Å². The van der Waals surface area contributed by atoms with Gasteiger partial charge in [-0.05, 0) is 19.8 Å². The summed E-state index contributed by atoms with van der Waals surface area (Å²) in [7, 11) is 0. The van der Waals surface area contributed by atoms with Gasteiger partial charge in [-0.3, -0.25) is 0 Å². The molecule has 0 atom stereocenters. The maximum absolute atomic E-state index is 2.40. The van der Waals surface area contributed by atoms with Gasteiger partial charge in [0.2, 0.25) is 0 Å². The molecule has 0 radical (unpaired) electrons. The normalized spacial score (nSPS) is 11.2. The van der Waals surface area contributed by atoms with Crippen LogP contribution in [0.4, 0.5) is 0 Å². The first-order valence-corrected chi connectivity index (χ1v) is 8.84. The highest BCUT2D eigenvalue weighted by Crippen LogP contribution is 2.10. The topological polar surface area (TPSA) is 8.81 Å². The molecule has 0 amide bonds. The van der Waals surface area contributed by atoms with Crippen LogP contribution >= 0.6 is 0 Å². The van der Waals surface area contributed by atoms with E-state index in [1.54, 1.807) is 0 Å². The van der Waals surface area contributed by atoms with Crippen molar-refractivity contribution in [2.45, 2.75) is 98.1 Å². The summed E-state index contributed by atoms with van der Waals surface area (Å²) in [5, 5.41) is 0. The average molecular weight is 279 g/mol. The number of rotatable bonds is 12. The summed E-state index contributed by atoms with van der Waals surface area (Å²) in [4.78, 5) is 0. The van der Waals surface area contributed by atoms with Gasteiger partial charge < -0.3 is 0 Å². The molecular formula is C18H35N2+. The van der Waals surface area contributed by atoms with E-state index in [9.17, 15) is 0 Å². The minimum atomic E-state index is 1.08. The Bertz CT molecular complexity index is 341. The number of aromatic nitrogens is 2. The molecule has 0 saturated carbocycles.